The fraction of sp³-hybridized carbons (Fsp3) is 0.458. The van der Waals surface area contributed by atoms with Gasteiger partial charge in [-0.05, 0) is 44.0 Å². The maximum Gasteiger partial charge on any atom is 0.348 e. The molecule has 34 heavy (non-hydrogen) atoms. The van der Waals surface area contributed by atoms with Gasteiger partial charge in [-0.3, -0.25) is 14.6 Å². The molecule has 2 heterocycles. The summed E-state index contributed by atoms with van der Waals surface area (Å²) in [7, 11) is 0. The van der Waals surface area contributed by atoms with Gasteiger partial charge in [0.2, 0.25) is 5.91 Å². The molecule has 0 spiro atoms. The zero-order chi connectivity index (χ0) is 24.7. The van der Waals surface area contributed by atoms with Gasteiger partial charge < -0.3 is 14.8 Å². The van der Waals surface area contributed by atoms with Crippen LogP contribution in [0.5, 0.6) is 0 Å². The van der Waals surface area contributed by atoms with Crippen molar-refractivity contribution >= 4 is 34.2 Å². The van der Waals surface area contributed by atoms with Crippen molar-refractivity contribution in [3.05, 3.63) is 51.7 Å². The normalized spacial score (nSPS) is 14.6. The first-order valence-corrected chi connectivity index (χ1v) is 12.1. The number of piperazine rings is 1. The summed E-state index contributed by atoms with van der Waals surface area (Å²) in [6.07, 6.45) is 0. The first-order chi connectivity index (χ1) is 16.3. The van der Waals surface area contributed by atoms with Gasteiger partial charge in [-0.1, -0.05) is 12.1 Å². The molecule has 1 aliphatic rings. The number of amides is 1. The van der Waals surface area contributed by atoms with Crippen LogP contribution in [0.1, 0.15) is 45.0 Å². The number of carbonyl (C=O) groups is 3. The average molecular weight is 492 g/mol. The van der Waals surface area contributed by atoms with Crippen molar-refractivity contribution in [2.75, 3.05) is 51.3 Å². The van der Waals surface area contributed by atoms with Crippen LogP contribution in [0.15, 0.2) is 24.3 Å². The van der Waals surface area contributed by atoms with Crippen LogP contribution in [0.3, 0.4) is 0 Å². The zero-order valence-electron chi connectivity index (χ0n) is 19.7. The van der Waals surface area contributed by atoms with E-state index < -0.39 is 11.9 Å². The molecule has 1 aromatic carbocycles. The van der Waals surface area contributed by atoms with Crippen molar-refractivity contribution in [1.29, 1.82) is 0 Å². The Kier molecular flexibility index (Phi) is 9.14. The molecule has 10 heteroatoms. The summed E-state index contributed by atoms with van der Waals surface area (Å²) in [5.74, 6) is -1.65. The quantitative estimate of drug-likeness (QED) is 0.539. The van der Waals surface area contributed by atoms with Gasteiger partial charge in [0.15, 0.2) is 0 Å². The van der Waals surface area contributed by atoms with Gasteiger partial charge in [0.05, 0.1) is 25.3 Å². The number of hydrogen-bond donors (Lipinski definition) is 1. The first-order valence-electron chi connectivity index (χ1n) is 11.3. The summed E-state index contributed by atoms with van der Waals surface area (Å²) in [4.78, 5) is 42.1. The molecule has 8 nitrogen and oxygen atoms in total. The number of nitrogens with zero attached hydrogens (tertiary/aromatic N) is 2. The lowest BCUT2D eigenvalue weighted by molar-refractivity contribution is -0.117. The summed E-state index contributed by atoms with van der Waals surface area (Å²) >= 11 is 1.02. The zero-order valence-corrected chi connectivity index (χ0v) is 20.5. The van der Waals surface area contributed by atoms with Crippen LogP contribution in [-0.4, -0.2) is 73.6 Å². The molecule has 0 saturated carbocycles. The maximum atomic E-state index is 13.4. The molecule has 0 bridgehead atoms. The van der Waals surface area contributed by atoms with Gasteiger partial charge in [0.25, 0.3) is 0 Å². The van der Waals surface area contributed by atoms with Gasteiger partial charge in [-0.15, -0.1) is 11.3 Å². The third kappa shape index (κ3) is 6.62. The highest BCUT2D eigenvalue weighted by Crippen LogP contribution is 2.34. The number of thiophene rings is 1. The molecule has 0 aliphatic carbocycles. The number of nitrogens with one attached hydrogen (secondary N) is 1. The largest absolute Gasteiger partial charge is 0.462 e. The number of ether oxygens (including phenoxy) is 2. The molecule has 2 aromatic rings. The van der Waals surface area contributed by atoms with Crippen molar-refractivity contribution in [2.24, 2.45) is 0 Å². The van der Waals surface area contributed by atoms with Crippen molar-refractivity contribution < 1.29 is 28.2 Å². The highest BCUT2D eigenvalue weighted by atomic mass is 32.1. The number of halogens is 1. The fourth-order valence-corrected chi connectivity index (χ4v) is 4.92. The van der Waals surface area contributed by atoms with Crippen molar-refractivity contribution in [3.8, 4) is 0 Å². The third-order valence-electron chi connectivity index (χ3n) is 5.47. The third-order valence-corrected chi connectivity index (χ3v) is 6.65. The number of esters is 2. The minimum Gasteiger partial charge on any atom is -0.462 e. The standard InChI is InChI=1S/C24H30FN3O5S/c1-4-32-23(30)20-16(3)21(24(31)33-5-2)34-22(20)26-19(29)15-28-11-9-27(10-12-28)14-17-7-6-8-18(25)13-17/h6-8,13H,4-5,9-12,14-15H2,1-3H3,(H,26,29). The molecule has 1 fully saturated rings. The van der Waals surface area contributed by atoms with E-state index in [9.17, 15) is 18.8 Å². The second-order valence-corrected chi connectivity index (χ2v) is 8.95. The smallest absolute Gasteiger partial charge is 0.348 e. The van der Waals surface area contributed by atoms with Crippen LogP contribution in [-0.2, 0) is 20.8 Å². The highest BCUT2D eigenvalue weighted by molar-refractivity contribution is 7.18. The van der Waals surface area contributed by atoms with Crippen LogP contribution in [0.25, 0.3) is 0 Å². The Balaban J connectivity index is 1.60. The summed E-state index contributed by atoms with van der Waals surface area (Å²) in [5, 5.41) is 3.07. The molecule has 1 N–H and O–H groups in total. The van der Waals surface area contributed by atoms with E-state index in [1.807, 2.05) is 11.0 Å². The Labute approximate surface area is 202 Å². The number of rotatable bonds is 9. The van der Waals surface area contributed by atoms with Crippen molar-refractivity contribution in [1.82, 2.24) is 9.80 Å². The lowest BCUT2D eigenvalue weighted by Crippen LogP contribution is -2.48. The molecule has 1 amide bonds. The second-order valence-electron chi connectivity index (χ2n) is 7.93. The Bertz CT molecular complexity index is 1030. The number of benzene rings is 1. The SMILES string of the molecule is CCOC(=O)c1sc(NC(=O)CN2CCN(Cc3cccc(F)c3)CC2)c(C(=O)OCC)c1C. The summed E-state index contributed by atoms with van der Waals surface area (Å²) in [6.45, 7) is 9.11. The summed E-state index contributed by atoms with van der Waals surface area (Å²) in [6, 6.07) is 6.57. The van der Waals surface area contributed by atoms with Crippen LogP contribution >= 0.6 is 11.3 Å². The number of anilines is 1. The summed E-state index contributed by atoms with van der Waals surface area (Å²) in [5.41, 5.74) is 1.54. The van der Waals surface area contributed by atoms with E-state index in [0.717, 1.165) is 30.0 Å². The number of carbonyl (C=O) groups excluding carboxylic acids is 3. The Morgan fingerprint density at radius 1 is 1.03 bits per heavy atom. The van der Waals surface area contributed by atoms with Gasteiger partial charge in [-0.25, -0.2) is 14.0 Å². The van der Waals surface area contributed by atoms with Gasteiger partial charge >= 0.3 is 11.9 Å². The molecule has 1 aliphatic heterocycles. The van der Waals surface area contributed by atoms with Gasteiger partial charge in [0, 0.05) is 32.7 Å². The minimum atomic E-state index is -0.590. The maximum absolute atomic E-state index is 13.4. The monoisotopic (exact) mass is 491 g/mol. The van der Waals surface area contributed by atoms with Gasteiger partial charge in [0.1, 0.15) is 15.7 Å². The second kappa shape index (κ2) is 12.0. The summed E-state index contributed by atoms with van der Waals surface area (Å²) < 4.78 is 23.6. The molecule has 3 rings (SSSR count). The van der Waals surface area contributed by atoms with E-state index in [0.29, 0.717) is 25.2 Å². The predicted octanol–water partition coefficient (Wildman–Crippen LogP) is 3.31. The number of hydrogen-bond acceptors (Lipinski definition) is 8. The predicted molar refractivity (Wildman–Crippen MR) is 128 cm³/mol. The topological polar surface area (TPSA) is 88.2 Å². The molecular formula is C24H30FN3O5S. The van der Waals surface area contributed by atoms with Gasteiger partial charge in [-0.2, -0.15) is 0 Å². The lowest BCUT2D eigenvalue weighted by Gasteiger charge is -2.34. The lowest BCUT2D eigenvalue weighted by atomic mass is 10.1. The average Bonchev–Trinajstić information content (AvgIpc) is 3.11. The van der Waals surface area contributed by atoms with Crippen LogP contribution in [0.2, 0.25) is 0 Å². The molecule has 184 valence electrons. The molecule has 0 radical (unpaired) electrons. The minimum absolute atomic E-state index is 0.155. The first kappa shape index (κ1) is 25.8. The molecule has 0 unspecified atom stereocenters. The van der Waals surface area contributed by atoms with E-state index >= 15 is 0 Å². The molecule has 1 aromatic heterocycles. The van der Waals surface area contributed by atoms with Crippen LogP contribution in [0, 0.1) is 12.7 Å². The van der Waals surface area contributed by atoms with E-state index in [2.05, 4.69) is 10.2 Å². The van der Waals surface area contributed by atoms with Crippen molar-refractivity contribution in [3.63, 3.8) is 0 Å². The van der Waals surface area contributed by atoms with Crippen LogP contribution in [0.4, 0.5) is 9.39 Å². The Hall–Kier alpha value is -2.82. The Morgan fingerprint density at radius 3 is 2.32 bits per heavy atom. The highest BCUT2D eigenvalue weighted by Gasteiger charge is 2.28. The van der Waals surface area contributed by atoms with E-state index in [1.54, 1.807) is 26.8 Å². The van der Waals surface area contributed by atoms with Crippen molar-refractivity contribution in [2.45, 2.75) is 27.3 Å². The molecule has 0 atom stereocenters. The van der Waals surface area contributed by atoms with E-state index in [4.69, 9.17) is 9.47 Å². The van der Waals surface area contributed by atoms with E-state index in [1.165, 1.54) is 12.1 Å². The fourth-order valence-electron chi connectivity index (χ4n) is 3.81. The van der Waals surface area contributed by atoms with Crippen LogP contribution < -0.4 is 5.32 Å². The molecular weight excluding hydrogens is 461 g/mol. The molecule has 1 saturated heterocycles. The Morgan fingerprint density at radius 2 is 1.68 bits per heavy atom. The van der Waals surface area contributed by atoms with E-state index in [-0.39, 0.29) is 46.9 Å².